The van der Waals surface area contributed by atoms with Crippen LogP contribution in [0.15, 0.2) is 28.8 Å². The van der Waals surface area contributed by atoms with Crippen LogP contribution in [0.2, 0.25) is 0 Å². The SMILES string of the molecule is CCC(C)c1ccc(-c2onc(C)c2CN)cc1. The van der Waals surface area contributed by atoms with Gasteiger partial charge in [-0.2, -0.15) is 0 Å². The first-order chi connectivity index (χ1) is 8.67. The van der Waals surface area contributed by atoms with Crippen LogP contribution in [0.5, 0.6) is 0 Å². The topological polar surface area (TPSA) is 52.0 Å². The predicted octanol–water partition coefficient (Wildman–Crippen LogP) is 3.62. The molecule has 0 aliphatic carbocycles. The highest BCUT2D eigenvalue weighted by atomic mass is 16.5. The fraction of sp³-hybridized carbons (Fsp3) is 0.400. The van der Waals surface area contributed by atoms with Crippen molar-refractivity contribution in [2.75, 3.05) is 0 Å². The molecule has 2 N–H and O–H groups in total. The molecule has 0 aliphatic heterocycles. The van der Waals surface area contributed by atoms with E-state index in [9.17, 15) is 0 Å². The molecule has 1 heterocycles. The van der Waals surface area contributed by atoms with Gasteiger partial charge in [-0.25, -0.2) is 0 Å². The molecule has 96 valence electrons. The lowest BCUT2D eigenvalue weighted by Gasteiger charge is -2.09. The van der Waals surface area contributed by atoms with Crippen molar-refractivity contribution in [3.63, 3.8) is 0 Å². The molecule has 3 heteroatoms. The Kier molecular flexibility index (Phi) is 3.82. The van der Waals surface area contributed by atoms with E-state index in [2.05, 4.69) is 43.3 Å². The van der Waals surface area contributed by atoms with Crippen molar-refractivity contribution in [3.8, 4) is 11.3 Å². The molecule has 0 spiro atoms. The molecular weight excluding hydrogens is 224 g/mol. The minimum absolute atomic E-state index is 0.456. The van der Waals surface area contributed by atoms with E-state index < -0.39 is 0 Å². The van der Waals surface area contributed by atoms with Crippen molar-refractivity contribution in [1.82, 2.24) is 5.16 Å². The summed E-state index contributed by atoms with van der Waals surface area (Å²) < 4.78 is 5.37. The third kappa shape index (κ3) is 2.31. The van der Waals surface area contributed by atoms with Gasteiger partial charge in [0, 0.05) is 17.7 Å². The van der Waals surface area contributed by atoms with E-state index in [1.807, 2.05) is 6.92 Å². The van der Waals surface area contributed by atoms with E-state index in [4.69, 9.17) is 10.3 Å². The smallest absolute Gasteiger partial charge is 0.171 e. The molecule has 0 bridgehead atoms. The fourth-order valence-electron chi connectivity index (χ4n) is 2.05. The molecule has 2 aromatic rings. The van der Waals surface area contributed by atoms with Crippen LogP contribution in [0.3, 0.4) is 0 Å². The third-order valence-corrected chi connectivity index (χ3v) is 3.54. The number of nitrogens with two attached hydrogens (primary N) is 1. The van der Waals surface area contributed by atoms with E-state index in [0.29, 0.717) is 12.5 Å². The molecular formula is C15H20N2O. The van der Waals surface area contributed by atoms with Crippen LogP contribution >= 0.6 is 0 Å². The van der Waals surface area contributed by atoms with Gasteiger partial charge in [0.2, 0.25) is 0 Å². The van der Waals surface area contributed by atoms with Crippen molar-refractivity contribution in [3.05, 3.63) is 41.1 Å². The standard InChI is InChI=1S/C15H20N2O/c1-4-10(2)12-5-7-13(8-6-12)15-14(9-16)11(3)17-18-15/h5-8,10H,4,9,16H2,1-3H3. The van der Waals surface area contributed by atoms with Crippen LogP contribution in [0.1, 0.15) is 43.0 Å². The van der Waals surface area contributed by atoms with Crippen molar-refractivity contribution in [1.29, 1.82) is 0 Å². The third-order valence-electron chi connectivity index (χ3n) is 3.54. The first-order valence-electron chi connectivity index (χ1n) is 6.42. The number of benzene rings is 1. The maximum atomic E-state index is 5.73. The lowest BCUT2D eigenvalue weighted by molar-refractivity contribution is 0.426. The molecule has 0 radical (unpaired) electrons. The molecule has 1 aromatic heterocycles. The summed E-state index contributed by atoms with van der Waals surface area (Å²) in [5.41, 5.74) is 10.00. The quantitative estimate of drug-likeness (QED) is 0.893. The van der Waals surface area contributed by atoms with Gasteiger partial charge in [-0.15, -0.1) is 0 Å². The molecule has 18 heavy (non-hydrogen) atoms. The second-order valence-electron chi connectivity index (χ2n) is 4.71. The van der Waals surface area contributed by atoms with Gasteiger partial charge in [0.05, 0.1) is 5.69 Å². The Morgan fingerprint density at radius 1 is 1.28 bits per heavy atom. The Bertz CT molecular complexity index is 514. The van der Waals surface area contributed by atoms with E-state index in [1.54, 1.807) is 0 Å². The summed E-state index contributed by atoms with van der Waals surface area (Å²) in [5.74, 6) is 1.38. The molecule has 0 saturated heterocycles. The molecule has 1 unspecified atom stereocenters. The molecule has 3 nitrogen and oxygen atoms in total. The highest BCUT2D eigenvalue weighted by Crippen LogP contribution is 2.28. The largest absolute Gasteiger partial charge is 0.356 e. The Morgan fingerprint density at radius 2 is 1.94 bits per heavy atom. The Hall–Kier alpha value is -1.61. The van der Waals surface area contributed by atoms with Crippen LogP contribution in [0, 0.1) is 6.92 Å². The number of aryl methyl sites for hydroxylation is 1. The van der Waals surface area contributed by atoms with Crippen LogP contribution < -0.4 is 5.73 Å². The summed E-state index contributed by atoms with van der Waals surface area (Å²) >= 11 is 0. The molecule has 0 saturated carbocycles. The second-order valence-corrected chi connectivity index (χ2v) is 4.71. The van der Waals surface area contributed by atoms with Crippen LogP contribution in [-0.4, -0.2) is 5.16 Å². The maximum absolute atomic E-state index is 5.73. The molecule has 0 aliphatic rings. The highest BCUT2D eigenvalue weighted by Gasteiger charge is 2.13. The van der Waals surface area contributed by atoms with E-state index in [-0.39, 0.29) is 0 Å². The van der Waals surface area contributed by atoms with Gasteiger partial charge in [0.1, 0.15) is 0 Å². The molecule has 2 rings (SSSR count). The number of aromatic nitrogens is 1. The Balaban J connectivity index is 2.34. The number of rotatable bonds is 4. The Morgan fingerprint density at radius 3 is 2.50 bits per heavy atom. The molecule has 0 amide bonds. The minimum Gasteiger partial charge on any atom is -0.356 e. The highest BCUT2D eigenvalue weighted by molar-refractivity contribution is 5.62. The number of hydrogen-bond donors (Lipinski definition) is 1. The van der Waals surface area contributed by atoms with Crippen LogP contribution in [0.4, 0.5) is 0 Å². The summed E-state index contributed by atoms with van der Waals surface area (Å²) in [5, 5.41) is 3.98. The zero-order valence-corrected chi connectivity index (χ0v) is 11.2. The lowest BCUT2D eigenvalue weighted by atomic mass is 9.96. The zero-order valence-electron chi connectivity index (χ0n) is 11.2. The first kappa shape index (κ1) is 12.8. The summed E-state index contributed by atoms with van der Waals surface area (Å²) in [6.07, 6.45) is 1.15. The van der Waals surface area contributed by atoms with Crippen molar-refractivity contribution in [2.24, 2.45) is 5.73 Å². The monoisotopic (exact) mass is 244 g/mol. The van der Waals surface area contributed by atoms with Crippen LogP contribution in [-0.2, 0) is 6.54 Å². The minimum atomic E-state index is 0.456. The summed E-state index contributed by atoms with van der Waals surface area (Å²) in [6.45, 7) is 6.81. The van der Waals surface area contributed by atoms with Gasteiger partial charge >= 0.3 is 0 Å². The average Bonchev–Trinajstić information content (AvgIpc) is 2.79. The van der Waals surface area contributed by atoms with Crippen LogP contribution in [0.25, 0.3) is 11.3 Å². The van der Waals surface area contributed by atoms with E-state index >= 15 is 0 Å². The summed E-state index contributed by atoms with van der Waals surface area (Å²) in [7, 11) is 0. The zero-order chi connectivity index (χ0) is 13.1. The molecule has 1 aromatic carbocycles. The lowest BCUT2D eigenvalue weighted by Crippen LogP contribution is -1.98. The first-order valence-corrected chi connectivity index (χ1v) is 6.42. The van der Waals surface area contributed by atoms with Gasteiger partial charge < -0.3 is 10.3 Å². The van der Waals surface area contributed by atoms with Crippen molar-refractivity contribution in [2.45, 2.75) is 39.7 Å². The summed E-state index contributed by atoms with van der Waals surface area (Å²) in [6, 6.07) is 8.48. The molecule has 0 fully saturated rings. The van der Waals surface area contributed by atoms with E-state index in [0.717, 1.165) is 29.0 Å². The van der Waals surface area contributed by atoms with Gasteiger partial charge in [-0.3, -0.25) is 0 Å². The molecule has 1 atom stereocenters. The Labute approximate surface area is 108 Å². The predicted molar refractivity (Wildman–Crippen MR) is 73.3 cm³/mol. The van der Waals surface area contributed by atoms with Crippen molar-refractivity contribution < 1.29 is 4.52 Å². The van der Waals surface area contributed by atoms with Crippen molar-refractivity contribution >= 4 is 0 Å². The van der Waals surface area contributed by atoms with Gasteiger partial charge in [0.25, 0.3) is 0 Å². The number of hydrogen-bond acceptors (Lipinski definition) is 3. The average molecular weight is 244 g/mol. The number of nitrogens with zero attached hydrogens (tertiary/aromatic N) is 1. The summed E-state index contributed by atoms with van der Waals surface area (Å²) in [4.78, 5) is 0. The van der Waals surface area contributed by atoms with Gasteiger partial charge in [-0.1, -0.05) is 43.3 Å². The van der Waals surface area contributed by atoms with Gasteiger partial charge in [0.15, 0.2) is 5.76 Å². The maximum Gasteiger partial charge on any atom is 0.171 e. The van der Waals surface area contributed by atoms with Gasteiger partial charge in [-0.05, 0) is 24.8 Å². The fourth-order valence-corrected chi connectivity index (χ4v) is 2.05. The normalized spacial score (nSPS) is 12.7. The second kappa shape index (κ2) is 5.36. The van der Waals surface area contributed by atoms with E-state index in [1.165, 1.54) is 5.56 Å².